The normalized spacial score (nSPS) is 17.8. The average Bonchev–Trinajstić information content (AvgIpc) is 2.67. The van der Waals surface area contributed by atoms with Crippen molar-refractivity contribution in [3.05, 3.63) is 59.7 Å². The maximum absolute atomic E-state index is 13.0. The van der Waals surface area contributed by atoms with Crippen LogP contribution in [0.3, 0.4) is 0 Å². The van der Waals surface area contributed by atoms with Gasteiger partial charge in [0.1, 0.15) is 5.75 Å². The first-order valence-corrected chi connectivity index (χ1v) is 10.3. The molecular weight excluding hydrogens is 348 g/mol. The van der Waals surface area contributed by atoms with Crippen LogP contribution in [0.25, 0.3) is 0 Å². The standard InChI is InChI=1S/C20H26N2O3S/c1-16-15-19(25-3)9-10-20(16)26(23,24)22-13-11-21(12-14-22)17(2)18-7-5-4-6-8-18/h4-10,15,17H,11-14H2,1-3H3. The number of rotatable bonds is 5. The molecule has 0 aliphatic carbocycles. The van der Waals surface area contributed by atoms with E-state index in [1.54, 1.807) is 29.6 Å². The summed E-state index contributed by atoms with van der Waals surface area (Å²) in [5.41, 5.74) is 1.97. The minimum atomic E-state index is -3.48. The lowest BCUT2D eigenvalue weighted by atomic mass is 10.1. The van der Waals surface area contributed by atoms with Crippen molar-refractivity contribution in [2.24, 2.45) is 0 Å². The predicted octanol–water partition coefficient (Wildman–Crippen LogP) is 3.07. The minimum Gasteiger partial charge on any atom is -0.497 e. The van der Waals surface area contributed by atoms with Gasteiger partial charge in [0.25, 0.3) is 0 Å². The molecule has 26 heavy (non-hydrogen) atoms. The molecule has 1 fully saturated rings. The second kappa shape index (κ2) is 7.78. The molecule has 0 bridgehead atoms. The van der Waals surface area contributed by atoms with Crippen LogP contribution in [0.1, 0.15) is 24.1 Å². The van der Waals surface area contributed by atoms with Gasteiger partial charge in [-0.3, -0.25) is 4.90 Å². The van der Waals surface area contributed by atoms with E-state index >= 15 is 0 Å². The second-order valence-corrected chi connectivity index (χ2v) is 8.56. The summed E-state index contributed by atoms with van der Waals surface area (Å²) in [6.45, 7) is 6.45. The lowest BCUT2D eigenvalue weighted by Crippen LogP contribution is -2.49. The lowest BCUT2D eigenvalue weighted by Gasteiger charge is -2.37. The molecule has 0 radical (unpaired) electrons. The van der Waals surface area contributed by atoms with Gasteiger partial charge in [0.2, 0.25) is 10.0 Å². The Kier molecular flexibility index (Phi) is 5.65. The smallest absolute Gasteiger partial charge is 0.243 e. The Morgan fingerprint density at radius 3 is 2.23 bits per heavy atom. The van der Waals surface area contributed by atoms with E-state index in [0.717, 1.165) is 13.1 Å². The van der Waals surface area contributed by atoms with Crippen LogP contribution in [0.2, 0.25) is 0 Å². The Bertz CT molecular complexity index is 845. The summed E-state index contributed by atoms with van der Waals surface area (Å²) in [5.74, 6) is 0.669. The first-order valence-electron chi connectivity index (χ1n) is 8.87. The van der Waals surface area contributed by atoms with Crippen molar-refractivity contribution in [2.45, 2.75) is 24.8 Å². The number of piperazine rings is 1. The number of benzene rings is 2. The van der Waals surface area contributed by atoms with Crippen LogP contribution in [0, 0.1) is 6.92 Å². The predicted molar refractivity (Wildman–Crippen MR) is 103 cm³/mol. The molecule has 0 spiro atoms. The quantitative estimate of drug-likeness (QED) is 0.807. The zero-order chi connectivity index (χ0) is 18.7. The van der Waals surface area contributed by atoms with E-state index in [1.165, 1.54) is 5.56 Å². The Hall–Kier alpha value is -1.89. The number of sulfonamides is 1. The molecule has 0 amide bonds. The summed E-state index contributed by atoms with van der Waals surface area (Å²) in [4.78, 5) is 2.70. The first-order chi connectivity index (χ1) is 12.4. The average molecular weight is 375 g/mol. The highest BCUT2D eigenvalue weighted by Gasteiger charge is 2.31. The van der Waals surface area contributed by atoms with E-state index in [0.29, 0.717) is 29.3 Å². The Balaban J connectivity index is 1.71. The summed E-state index contributed by atoms with van der Waals surface area (Å²) < 4.78 is 32.8. The van der Waals surface area contributed by atoms with Crippen LogP contribution < -0.4 is 4.74 Å². The van der Waals surface area contributed by atoms with Gasteiger partial charge in [0, 0.05) is 32.2 Å². The summed E-state index contributed by atoms with van der Waals surface area (Å²) in [6.07, 6.45) is 0. The fourth-order valence-electron chi connectivity index (χ4n) is 3.45. The molecular formula is C20H26N2O3S. The molecule has 0 N–H and O–H groups in total. The zero-order valence-electron chi connectivity index (χ0n) is 15.6. The number of methoxy groups -OCH3 is 1. The number of aryl methyl sites for hydroxylation is 1. The monoisotopic (exact) mass is 374 g/mol. The fraction of sp³-hybridized carbons (Fsp3) is 0.400. The molecule has 1 saturated heterocycles. The van der Waals surface area contributed by atoms with E-state index in [1.807, 2.05) is 25.1 Å². The highest BCUT2D eigenvalue weighted by molar-refractivity contribution is 7.89. The number of ether oxygens (including phenoxy) is 1. The molecule has 140 valence electrons. The molecule has 0 aromatic heterocycles. The van der Waals surface area contributed by atoms with Crippen LogP contribution >= 0.6 is 0 Å². The highest BCUT2D eigenvalue weighted by Crippen LogP contribution is 2.27. The summed E-state index contributed by atoms with van der Waals surface area (Å²) in [7, 11) is -1.90. The fourth-order valence-corrected chi connectivity index (χ4v) is 5.08. The molecule has 1 unspecified atom stereocenters. The summed E-state index contributed by atoms with van der Waals surface area (Å²) in [6, 6.07) is 15.7. The van der Waals surface area contributed by atoms with Crippen LogP contribution in [-0.2, 0) is 10.0 Å². The molecule has 2 aromatic carbocycles. The number of nitrogens with zero attached hydrogens (tertiary/aromatic N) is 2. The van der Waals surface area contributed by atoms with Crippen LogP contribution in [0.4, 0.5) is 0 Å². The van der Waals surface area contributed by atoms with E-state index in [-0.39, 0.29) is 6.04 Å². The van der Waals surface area contributed by atoms with Crippen molar-refractivity contribution in [1.82, 2.24) is 9.21 Å². The molecule has 0 saturated carbocycles. The van der Waals surface area contributed by atoms with Gasteiger partial charge in [-0.25, -0.2) is 8.42 Å². The van der Waals surface area contributed by atoms with Gasteiger partial charge >= 0.3 is 0 Å². The Morgan fingerprint density at radius 1 is 1.00 bits per heavy atom. The lowest BCUT2D eigenvalue weighted by molar-refractivity contribution is 0.146. The molecule has 6 heteroatoms. The topological polar surface area (TPSA) is 49.9 Å². The Morgan fingerprint density at radius 2 is 1.65 bits per heavy atom. The summed E-state index contributed by atoms with van der Waals surface area (Å²) >= 11 is 0. The van der Waals surface area contributed by atoms with Crippen molar-refractivity contribution in [1.29, 1.82) is 0 Å². The van der Waals surface area contributed by atoms with Crippen molar-refractivity contribution < 1.29 is 13.2 Å². The van der Waals surface area contributed by atoms with E-state index < -0.39 is 10.0 Å². The number of hydrogen-bond donors (Lipinski definition) is 0. The molecule has 1 aliphatic heterocycles. The van der Waals surface area contributed by atoms with Crippen molar-refractivity contribution in [2.75, 3.05) is 33.3 Å². The molecule has 1 aliphatic rings. The van der Waals surface area contributed by atoms with Crippen LogP contribution in [0.15, 0.2) is 53.4 Å². The number of hydrogen-bond acceptors (Lipinski definition) is 4. The van der Waals surface area contributed by atoms with Gasteiger partial charge in [-0.15, -0.1) is 0 Å². The molecule has 1 atom stereocenters. The van der Waals surface area contributed by atoms with Gasteiger partial charge in [-0.1, -0.05) is 30.3 Å². The Labute approximate surface area is 156 Å². The van der Waals surface area contributed by atoms with Crippen molar-refractivity contribution in [3.63, 3.8) is 0 Å². The third kappa shape index (κ3) is 3.77. The molecule has 3 rings (SSSR count). The first kappa shape index (κ1) is 18.9. The molecule has 1 heterocycles. The zero-order valence-corrected chi connectivity index (χ0v) is 16.4. The van der Waals surface area contributed by atoms with Crippen molar-refractivity contribution in [3.8, 4) is 5.75 Å². The minimum absolute atomic E-state index is 0.281. The maximum atomic E-state index is 13.0. The third-order valence-corrected chi connectivity index (χ3v) is 7.16. The van der Waals surface area contributed by atoms with Crippen LogP contribution in [-0.4, -0.2) is 50.9 Å². The molecule has 2 aromatic rings. The van der Waals surface area contributed by atoms with Gasteiger partial charge in [-0.2, -0.15) is 4.31 Å². The van der Waals surface area contributed by atoms with E-state index in [2.05, 4.69) is 24.0 Å². The SMILES string of the molecule is COc1ccc(S(=O)(=O)N2CCN(C(C)c3ccccc3)CC2)c(C)c1. The van der Waals surface area contributed by atoms with Crippen molar-refractivity contribution >= 4 is 10.0 Å². The van der Waals surface area contributed by atoms with E-state index in [9.17, 15) is 8.42 Å². The van der Waals surface area contributed by atoms with Gasteiger partial charge in [0.15, 0.2) is 0 Å². The van der Waals surface area contributed by atoms with Gasteiger partial charge < -0.3 is 4.74 Å². The van der Waals surface area contributed by atoms with Gasteiger partial charge in [0.05, 0.1) is 12.0 Å². The second-order valence-electron chi connectivity index (χ2n) is 6.66. The largest absolute Gasteiger partial charge is 0.497 e. The van der Waals surface area contributed by atoms with Crippen LogP contribution in [0.5, 0.6) is 5.75 Å². The summed E-state index contributed by atoms with van der Waals surface area (Å²) in [5, 5.41) is 0. The van der Waals surface area contributed by atoms with E-state index in [4.69, 9.17) is 4.74 Å². The van der Waals surface area contributed by atoms with Gasteiger partial charge in [-0.05, 0) is 43.2 Å². The third-order valence-electron chi connectivity index (χ3n) is 5.10. The highest BCUT2D eigenvalue weighted by atomic mass is 32.2. The maximum Gasteiger partial charge on any atom is 0.243 e. The molecule has 5 nitrogen and oxygen atoms in total.